The molecule has 1 heterocycles. The third-order valence-electron chi connectivity index (χ3n) is 4.53. The maximum atomic E-state index is 12.6. The van der Waals surface area contributed by atoms with E-state index in [4.69, 9.17) is 4.74 Å². The van der Waals surface area contributed by atoms with Crippen LogP contribution in [0.15, 0.2) is 54.6 Å². The maximum Gasteiger partial charge on any atom is 0.321 e. The molecule has 3 rings (SSSR count). The Hall–Kier alpha value is -2.53. The van der Waals surface area contributed by atoms with Crippen molar-refractivity contribution in [2.75, 3.05) is 18.4 Å². The molecule has 2 aromatic carbocycles. The highest BCUT2D eigenvalue weighted by atomic mass is 16.5. The second-order valence-electron chi connectivity index (χ2n) is 6.43. The summed E-state index contributed by atoms with van der Waals surface area (Å²) in [7, 11) is 0. The molecule has 132 valence electrons. The van der Waals surface area contributed by atoms with Crippen LogP contribution in [0.3, 0.4) is 0 Å². The van der Waals surface area contributed by atoms with Crippen molar-refractivity contribution in [1.29, 1.82) is 0 Å². The number of benzene rings is 2. The molecule has 5 nitrogen and oxygen atoms in total. The first-order valence-corrected chi connectivity index (χ1v) is 8.69. The Morgan fingerprint density at radius 2 is 1.92 bits per heavy atom. The van der Waals surface area contributed by atoms with E-state index in [-0.39, 0.29) is 11.9 Å². The zero-order valence-electron chi connectivity index (χ0n) is 14.4. The first kappa shape index (κ1) is 17.3. The molecule has 2 atom stereocenters. The number of carbonyl (C=O) groups excluding carboxylic acids is 1. The minimum atomic E-state index is -0.399. The van der Waals surface area contributed by atoms with Crippen LogP contribution in [-0.4, -0.2) is 35.2 Å². The van der Waals surface area contributed by atoms with Gasteiger partial charge < -0.3 is 20.1 Å². The summed E-state index contributed by atoms with van der Waals surface area (Å²) in [6.45, 7) is 3.07. The first-order valence-electron chi connectivity index (χ1n) is 8.69. The minimum absolute atomic E-state index is 0.135. The molecule has 0 bridgehead atoms. The van der Waals surface area contributed by atoms with Crippen molar-refractivity contribution in [3.8, 4) is 11.5 Å². The van der Waals surface area contributed by atoms with Gasteiger partial charge in [-0.05, 0) is 44.0 Å². The molecule has 25 heavy (non-hydrogen) atoms. The molecule has 2 amide bonds. The van der Waals surface area contributed by atoms with E-state index < -0.39 is 6.10 Å². The van der Waals surface area contributed by atoms with Gasteiger partial charge in [0.1, 0.15) is 5.75 Å². The van der Waals surface area contributed by atoms with Gasteiger partial charge in [0.15, 0.2) is 5.75 Å². The number of rotatable bonds is 4. The molecule has 1 fully saturated rings. The number of anilines is 1. The molecular weight excluding hydrogens is 316 g/mol. The van der Waals surface area contributed by atoms with E-state index in [9.17, 15) is 9.90 Å². The van der Waals surface area contributed by atoms with Crippen LogP contribution in [0.4, 0.5) is 10.5 Å². The minimum Gasteiger partial charge on any atom is -0.455 e. The topological polar surface area (TPSA) is 61.8 Å². The van der Waals surface area contributed by atoms with Crippen LogP contribution in [0.1, 0.15) is 19.8 Å². The molecule has 0 unspecified atom stereocenters. The highest BCUT2D eigenvalue weighted by Gasteiger charge is 2.26. The summed E-state index contributed by atoms with van der Waals surface area (Å²) < 4.78 is 5.88. The Balaban J connectivity index is 1.69. The van der Waals surface area contributed by atoms with E-state index in [0.29, 0.717) is 24.5 Å². The van der Waals surface area contributed by atoms with Crippen molar-refractivity contribution >= 4 is 11.7 Å². The number of piperidine rings is 1. The highest BCUT2D eigenvalue weighted by molar-refractivity contribution is 5.91. The van der Waals surface area contributed by atoms with Gasteiger partial charge in [-0.25, -0.2) is 4.79 Å². The molecule has 0 aliphatic carbocycles. The van der Waals surface area contributed by atoms with Crippen molar-refractivity contribution in [3.05, 3.63) is 54.6 Å². The fourth-order valence-electron chi connectivity index (χ4n) is 3.06. The van der Waals surface area contributed by atoms with Crippen LogP contribution < -0.4 is 10.1 Å². The number of amides is 2. The number of carbonyl (C=O) groups is 1. The number of ether oxygens (including phenoxy) is 1. The van der Waals surface area contributed by atoms with Crippen LogP contribution in [0.5, 0.6) is 11.5 Å². The van der Waals surface area contributed by atoms with Crippen molar-refractivity contribution in [2.24, 2.45) is 5.92 Å². The lowest BCUT2D eigenvalue weighted by Crippen LogP contribution is -2.44. The monoisotopic (exact) mass is 340 g/mol. The second-order valence-corrected chi connectivity index (χ2v) is 6.43. The number of nitrogens with zero attached hydrogens (tertiary/aromatic N) is 1. The Labute approximate surface area is 148 Å². The lowest BCUT2D eigenvalue weighted by molar-refractivity contribution is 0.0766. The maximum absolute atomic E-state index is 12.6. The summed E-state index contributed by atoms with van der Waals surface area (Å²) in [5.41, 5.74) is 0.635. The SMILES string of the molecule is C[C@@H](O)[C@@H]1CCCN(C(=O)Nc2ccccc2Oc2ccccc2)C1. The van der Waals surface area contributed by atoms with Gasteiger partial charge in [0.25, 0.3) is 0 Å². The summed E-state index contributed by atoms with van der Waals surface area (Å²) in [4.78, 5) is 14.4. The number of aliphatic hydroxyl groups excluding tert-OH is 1. The molecule has 2 aromatic rings. The van der Waals surface area contributed by atoms with Crippen LogP contribution >= 0.6 is 0 Å². The predicted molar refractivity (Wildman–Crippen MR) is 98.0 cm³/mol. The summed E-state index contributed by atoms with van der Waals surface area (Å²) in [6, 6.07) is 16.7. The Kier molecular flexibility index (Phi) is 5.56. The average molecular weight is 340 g/mol. The number of hydrogen-bond donors (Lipinski definition) is 2. The lowest BCUT2D eigenvalue weighted by Gasteiger charge is -2.34. The molecular formula is C20H24N2O3. The van der Waals surface area contributed by atoms with Gasteiger partial charge in [0.2, 0.25) is 0 Å². The molecule has 1 aliphatic rings. The van der Waals surface area contributed by atoms with Gasteiger partial charge in [-0.2, -0.15) is 0 Å². The van der Waals surface area contributed by atoms with Crippen LogP contribution in [0, 0.1) is 5.92 Å². The van der Waals surface area contributed by atoms with E-state index in [2.05, 4.69) is 5.32 Å². The van der Waals surface area contributed by atoms with E-state index >= 15 is 0 Å². The average Bonchev–Trinajstić information content (AvgIpc) is 2.64. The van der Waals surface area contributed by atoms with E-state index in [1.54, 1.807) is 11.8 Å². The summed E-state index contributed by atoms with van der Waals surface area (Å²) in [5.74, 6) is 1.46. The molecule has 0 aromatic heterocycles. The lowest BCUT2D eigenvalue weighted by atomic mass is 9.94. The number of nitrogens with one attached hydrogen (secondary N) is 1. The standard InChI is InChI=1S/C20H24N2O3/c1-15(23)16-8-7-13-22(14-16)20(24)21-18-11-5-6-12-19(18)25-17-9-3-2-4-10-17/h2-6,9-12,15-16,23H,7-8,13-14H2,1H3,(H,21,24)/t15-,16-/m1/s1. The normalized spacial score (nSPS) is 18.5. The molecule has 0 saturated carbocycles. The summed E-state index contributed by atoms with van der Waals surface area (Å²) >= 11 is 0. The smallest absolute Gasteiger partial charge is 0.321 e. The van der Waals surface area contributed by atoms with Crippen molar-refractivity contribution in [3.63, 3.8) is 0 Å². The van der Waals surface area contributed by atoms with Gasteiger partial charge >= 0.3 is 6.03 Å². The first-order chi connectivity index (χ1) is 12.1. The molecule has 0 radical (unpaired) electrons. The second kappa shape index (κ2) is 8.03. The zero-order valence-corrected chi connectivity index (χ0v) is 14.4. The number of para-hydroxylation sites is 3. The van der Waals surface area contributed by atoms with Crippen molar-refractivity contribution in [1.82, 2.24) is 4.90 Å². The van der Waals surface area contributed by atoms with Gasteiger partial charge in [-0.15, -0.1) is 0 Å². The fraction of sp³-hybridized carbons (Fsp3) is 0.350. The van der Waals surface area contributed by atoms with E-state index in [0.717, 1.165) is 18.6 Å². The van der Waals surface area contributed by atoms with Crippen molar-refractivity contribution < 1.29 is 14.6 Å². The van der Waals surface area contributed by atoms with Gasteiger partial charge in [-0.3, -0.25) is 0 Å². The van der Waals surface area contributed by atoms with Crippen LogP contribution in [0.25, 0.3) is 0 Å². The van der Waals surface area contributed by atoms with E-state index in [1.165, 1.54) is 0 Å². The Morgan fingerprint density at radius 1 is 1.20 bits per heavy atom. The molecule has 0 spiro atoms. The predicted octanol–water partition coefficient (Wildman–Crippen LogP) is 4.10. The number of urea groups is 1. The largest absolute Gasteiger partial charge is 0.455 e. The van der Waals surface area contributed by atoms with Crippen LogP contribution in [-0.2, 0) is 0 Å². The zero-order chi connectivity index (χ0) is 17.6. The Bertz CT molecular complexity index is 703. The van der Waals surface area contributed by atoms with E-state index in [1.807, 2.05) is 54.6 Å². The molecule has 1 saturated heterocycles. The Morgan fingerprint density at radius 3 is 2.68 bits per heavy atom. The van der Waals surface area contributed by atoms with Gasteiger partial charge in [-0.1, -0.05) is 30.3 Å². The molecule has 5 heteroatoms. The fourth-order valence-corrected chi connectivity index (χ4v) is 3.06. The van der Waals surface area contributed by atoms with Gasteiger partial charge in [0.05, 0.1) is 11.8 Å². The summed E-state index contributed by atoms with van der Waals surface area (Å²) in [6.07, 6.45) is 1.46. The quantitative estimate of drug-likeness (QED) is 0.881. The highest BCUT2D eigenvalue weighted by Crippen LogP contribution is 2.30. The number of likely N-dealkylation sites (tertiary alicyclic amines) is 1. The van der Waals surface area contributed by atoms with Crippen LogP contribution in [0.2, 0.25) is 0 Å². The third kappa shape index (κ3) is 4.51. The molecule has 2 N–H and O–H groups in total. The number of hydrogen-bond acceptors (Lipinski definition) is 3. The summed E-state index contributed by atoms with van der Waals surface area (Å²) in [5, 5.41) is 12.7. The third-order valence-corrected chi connectivity index (χ3v) is 4.53. The number of aliphatic hydroxyl groups is 1. The molecule has 1 aliphatic heterocycles. The van der Waals surface area contributed by atoms with Crippen molar-refractivity contribution in [2.45, 2.75) is 25.9 Å². The van der Waals surface area contributed by atoms with Gasteiger partial charge in [0, 0.05) is 19.0 Å².